The van der Waals surface area contributed by atoms with E-state index in [0.29, 0.717) is 6.42 Å². The lowest BCUT2D eigenvalue weighted by Gasteiger charge is -2.16. The molecule has 2 rings (SSSR count). The first kappa shape index (κ1) is 14.7. The molecule has 0 fully saturated rings. The van der Waals surface area contributed by atoms with E-state index in [0.717, 1.165) is 29.0 Å². The SMILES string of the molecule is COC(=O)C(CN)Cc1cc2c(cc1OC)CC(C)O2. The molecule has 20 heavy (non-hydrogen) atoms. The van der Waals surface area contributed by atoms with Crippen LogP contribution in [0.1, 0.15) is 18.1 Å². The summed E-state index contributed by atoms with van der Waals surface area (Å²) >= 11 is 0. The van der Waals surface area contributed by atoms with Crippen LogP contribution in [-0.2, 0) is 22.4 Å². The molecule has 110 valence electrons. The Labute approximate surface area is 119 Å². The third-order valence-electron chi connectivity index (χ3n) is 3.58. The van der Waals surface area contributed by atoms with Gasteiger partial charge < -0.3 is 19.9 Å². The number of carbonyl (C=O) groups is 1. The maximum atomic E-state index is 11.7. The zero-order chi connectivity index (χ0) is 14.7. The summed E-state index contributed by atoms with van der Waals surface area (Å²) in [6.45, 7) is 2.27. The number of carbonyl (C=O) groups excluding carboxylic acids is 1. The van der Waals surface area contributed by atoms with Gasteiger partial charge in [-0.1, -0.05) is 0 Å². The van der Waals surface area contributed by atoms with Crippen molar-refractivity contribution in [1.82, 2.24) is 0 Å². The van der Waals surface area contributed by atoms with Gasteiger partial charge in [-0.2, -0.15) is 0 Å². The van der Waals surface area contributed by atoms with Crippen LogP contribution in [0, 0.1) is 5.92 Å². The van der Waals surface area contributed by atoms with Gasteiger partial charge in [0.25, 0.3) is 0 Å². The van der Waals surface area contributed by atoms with Crippen molar-refractivity contribution in [2.24, 2.45) is 11.7 Å². The first-order valence-corrected chi connectivity index (χ1v) is 6.73. The standard InChI is InChI=1S/C15H21NO4/c1-9-4-10-6-13(18-2)11(7-14(10)20-9)5-12(8-16)15(17)19-3/h6-7,9,12H,4-5,8,16H2,1-3H3. The lowest BCUT2D eigenvalue weighted by Crippen LogP contribution is -2.27. The summed E-state index contributed by atoms with van der Waals surface area (Å²) in [5.41, 5.74) is 7.71. The fraction of sp³-hybridized carbons (Fsp3) is 0.533. The molecule has 0 amide bonds. The fourth-order valence-electron chi connectivity index (χ4n) is 2.53. The predicted octanol–water partition coefficient (Wildman–Crippen LogP) is 1.31. The third kappa shape index (κ3) is 2.88. The van der Waals surface area contributed by atoms with Crippen molar-refractivity contribution in [2.45, 2.75) is 25.9 Å². The molecule has 5 nitrogen and oxygen atoms in total. The first-order chi connectivity index (χ1) is 9.58. The van der Waals surface area contributed by atoms with Gasteiger partial charge in [-0.25, -0.2) is 0 Å². The van der Waals surface area contributed by atoms with Crippen LogP contribution in [0.15, 0.2) is 12.1 Å². The maximum absolute atomic E-state index is 11.7. The van der Waals surface area contributed by atoms with Gasteiger partial charge in [0.1, 0.15) is 17.6 Å². The van der Waals surface area contributed by atoms with E-state index in [-0.39, 0.29) is 24.5 Å². The molecular weight excluding hydrogens is 258 g/mol. The van der Waals surface area contributed by atoms with Crippen LogP contribution in [0.25, 0.3) is 0 Å². The number of hydrogen-bond donors (Lipinski definition) is 1. The monoisotopic (exact) mass is 279 g/mol. The molecule has 2 N–H and O–H groups in total. The highest BCUT2D eigenvalue weighted by Crippen LogP contribution is 2.35. The molecule has 5 heteroatoms. The van der Waals surface area contributed by atoms with E-state index in [1.807, 2.05) is 19.1 Å². The molecule has 1 aliphatic heterocycles. The molecule has 1 aromatic rings. The number of ether oxygens (including phenoxy) is 3. The van der Waals surface area contributed by atoms with E-state index in [1.54, 1.807) is 7.11 Å². The highest BCUT2D eigenvalue weighted by molar-refractivity contribution is 5.73. The summed E-state index contributed by atoms with van der Waals surface area (Å²) in [6.07, 6.45) is 1.54. The van der Waals surface area contributed by atoms with Crippen LogP contribution in [0.3, 0.4) is 0 Å². The molecule has 2 atom stereocenters. The molecule has 1 aliphatic rings. The Balaban J connectivity index is 2.27. The molecule has 1 aromatic carbocycles. The van der Waals surface area contributed by atoms with Gasteiger partial charge in [-0.05, 0) is 31.0 Å². The molecule has 0 radical (unpaired) electrons. The van der Waals surface area contributed by atoms with E-state index in [9.17, 15) is 4.79 Å². The maximum Gasteiger partial charge on any atom is 0.310 e. The summed E-state index contributed by atoms with van der Waals surface area (Å²) in [7, 11) is 3.00. The second-order valence-corrected chi connectivity index (χ2v) is 5.06. The second-order valence-electron chi connectivity index (χ2n) is 5.06. The van der Waals surface area contributed by atoms with Crippen molar-refractivity contribution in [3.63, 3.8) is 0 Å². The minimum Gasteiger partial charge on any atom is -0.496 e. The Morgan fingerprint density at radius 1 is 1.50 bits per heavy atom. The minimum atomic E-state index is -0.370. The number of benzene rings is 1. The van der Waals surface area contributed by atoms with Crippen LogP contribution >= 0.6 is 0 Å². The molecular formula is C15H21NO4. The lowest BCUT2D eigenvalue weighted by atomic mass is 9.96. The van der Waals surface area contributed by atoms with Crippen LogP contribution in [0.2, 0.25) is 0 Å². The van der Waals surface area contributed by atoms with E-state index < -0.39 is 0 Å². The average Bonchev–Trinajstić information content (AvgIpc) is 2.81. The highest BCUT2D eigenvalue weighted by Gasteiger charge is 2.25. The molecule has 0 aliphatic carbocycles. The molecule has 0 aromatic heterocycles. The van der Waals surface area contributed by atoms with Crippen molar-refractivity contribution < 1.29 is 19.0 Å². The smallest absolute Gasteiger partial charge is 0.310 e. The number of rotatable bonds is 5. The zero-order valence-corrected chi connectivity index (χ0v) is 12.1. The summed E-state index contributed by atoms with van der Waals surface area (Å²) in [5.74, 6) is 0.966. The van der Waals surface area contributed by atoms with Gasteiger partial charge in [-0.15, -0.1) is 0 Å². The quantitative estimate of drug-likeness (QED) is 0.823. The van der Waals surface area contributed by atoms with Gasteiger partial charge in [0.05, 0.1) is 20.1 Å². The highest BCUT2D eigenvalue weighted by atomic mass is 16.5. The van der Waals surface area contributed by atoms with Crippen molar-refractivity contribution >= 4 is 5.97 Å². The Bertz CT molecular complexity index is 501. The Morgan fingerprint density at radius 3 is 2.85 bits per heavy atom. The molecule has 1 heterocycles. The van der Waals surface area contributed by atoms with Gasteiger partial charge in [-0.3, -0.25) is 4.79 Å². The average molecular weight is 279 g/mol. The van der Waals surface area contributed by atoms with Crippen LogP contribution in [0.5, 0.6) is 11.5 Å². The van der Waals surface area contributed by atoms with Crippen molar-refractivity contribution in [1.29, 1.82) is 0 Å². The molecule has 0 saturated heterocycles. The van der Waals surface area contributed by atoms with Crippen LogP contribution < -0.4 is 15.2 Å². The van der Waals surface area contributed by atoms with Crippen LogP contribution in [-0.4, -0.2) is 32.8 Å². The predicted molar refractivity (Wildman–Crippen MR) is 75.1 cm³/mol. The van der Waals surface area contributed by atoms with Crippen molar-refractivity contribution in [2.75, 3.05) is 20.8 Å². The number of fused-ring (bicyclic) bond motifs is 1. The normalized spacial score (nSPS) is 18.1. The van der Waals surface area contributed by atoms with Gasteiger partial charge in [0, 0.05) is 18.5 Å². The third-order valence-corrected chi connectivity index (χ3v) is 3.58. The zero-order valence-electron chi connectivity index (χ0n) is 12.1. The summed E-state index contributed by atoms with van der Waals surface area (Å²) in [4.78, 5) is 11.7. The van der Waals surface area contributed by atoms with Crippen molar-refractivity contribution in [3.05, 3.63) is 23.3 Å². The fourth-order valence-corrected chi connectivity index (χ4v) is 2.53. The van der Waals surface area contributed by atoms with E-state index in [4.69, 9.17) is 19.9 Å². The topological polar surface area (TPSA) is 70.8 Å². The molecule has 0 saturated carbocycles. The summed E-state index contributed by atoms with van der Waals surface area (Å²) in [6, 6.07) is 3.93. The Hall–Kier alpha value is -1.75. The summed E-state index contributed by atoms with van der Waals surface area (Å²) < 4.78 is 15.9. The number of methoxy groups -OCH3 is 2. The van der Waals surface area contributed by atoms with Gasteiger partial charge >= 0.3 is 5.97 Å². The lowest BCUT2D eigenvalue weighted by molar-refractivity contribution is -0.145. The number of nitrogens with two attached hydrogens (primary N) is 1. The van der Waals surface area contributed by atoms with Crippen molar-refractivity contribution in [3.8, 4) is 11.5 Å². The first-order valence-electron chi connectivity index (χ1n) is 6.73. The Morgan fingerprint density at radius 2 is 2.25 bits per heavy atom. The summed E-state index contributed by atoms with van der Waals surface area (Å²) in [5, 5.41) is 0. The number of esters is 1. The largest absolute Gasteiger partial charge is 0.496 e. The second kappa shape index (κ2) is 6.13. The number of hydrogen-bond acceptors (Lipinski definition) is 5. The minimum absolute atomic E-state index is 0.177. The van der Waals surface area contributed by atoms with E-state index >= 15 is 0 Å². The van der Waals surface area contributed by atoms with Gasteiger partial charge in [0.2, 0.25) is 0 Å². The Kier molecular flexibility index (Phi) is 4.49. The van der Waals surface area contributed by atoms with E-state index in [1.165, 1.54) is 7.11 Å². The van der Waals surface area contributed by atoms with Gasteiger partial charge in [0.15, 0.2) is 0 Å². The van der Waals surface area contributed by atoms with E-state index in [2.05, 4.69) is 0 Å². The molecule has 0 bridgehead atoms. The molecule has 0 spiro atoms. The van der Waals surface area contributed by atoms with Crippen LogP contribution in [0.4, 0.5) is 0 Å². The molecule has 2 unspecified atom stereocenters.